The summed E-state index contributed by atoms with van der Waals surface area (Å²) in [7, 11) is 1.63. The van der Waals surface area contributed by atoms with E-state index in [4.69, 9.17) is 14.2 Å². The zero-order valence-corrected chi connectivity index (χ0v) is 16.5. The number of phenolic OH excluding ortho intramolecular Hbond substituents is 1. The Kier molecular flexibility index (Phi) is 4.47. The summed E-state index contributed by atoms with van der Waals surface area (Å²) in [4.78, 5) is 0. The summed E-state index contributed by atoms with van der Waals surface area (Å²) in [5, 5.41) is 10.3. The molecule has 4 rings (SSSR count). The van der Waals surface area contributed by atoms with Crippen molar-refractivity contribution in [2.24, 2.45) is 22.7 Å². The van der Waals surface area contributed by atoms with Gasteiger partial charge in [0, 0.05) is 5.92 Å². The lowest BCUT2D eigenvalue weighted by Gasteiger charge is -2.60. The fraction of sp³-hybridized carbons (Fsp3) is 0.727. The summed E-state index contributed by atoms with van der Waals surface area (Å²) in [6.45, 7) is 8.05. The molecule has 1 N–H and O–H groups in total. The number of hydrogen-bond acceptors (Lipinski definition) is 4. The standard InChI is InChI=1S/C22H32O4/c1-21(2)10-5-11-22(3)16-13-25-20(26-18(16)8-9-19(21)22)15-12-14(24-4)6-7-17(15)23/h6-7,12,16,18-20,23H,5,8-11,13H2,1-4H3/t16-,18+,19?,20-,22+/m1/s1. The average molecular weight is 360 g/mol. The van der Waals surface area contributed by atoms with E-state index in [1.54, 1.807) is 19.2 Å². The number of phenols is 1. The lowest BCUT2D eigenvalue weighted by Crippen LogP contribution is -2.56. The monoisotopic (exact) mass is 360 g/mol. The molecule has 1 aromatic rings. The van der Waals surface area contributed by atoms with Gasteiger partial charge in [0.25, 0.3) is 0 Å². The zero-order chi connectivity index (χ0) is 18.5. The molecular formula is C22H32O4. The van der Waals surface area contributed by atoms with Crippen LogP contribution >= 0.6 is 0 Å². The first-order valence-corrected chi connectivity index (χ1v) is 9.99. The Hall–Kier alpha value is -1.26. The van der Waals surface area contributed by atoms with E-state index in [0.717, 1.165) is 12.3 Å². The molecule has 4 nitrogen and oxygen atoms in total. The summed E-state index contributed by atoms with van der Waals surface area (Å²) < 4.78 is 17.9. The second-order valence-corrected chi connectivity index (χ2v) is 9.35. The van der Waals surface area contributed by atoms with E-state index < -0.39 is 6.29 Å². The van der Waals surface area contributed by atoms with Crippen LogP contribution in [0.15, 0.2) is 18.2 Å². The summed E-state index contributed by atoms with van der Waals surface area (Å²) in [6, 6.07) is 5.22. The Labute approximate surface area is 156 Å². The molecule has 2 aliphatic carbocycles. The van der Waals surface area contributed by atoms with Crippen LogP contribution in [0.2, 0.25) is 0 Å². The van der Waals surface area contributed by atoms with Crippen LogP contribution < -0.4 is 4.74 Å². The van der Waals surface area contributed by atoms with Crippen molar-refractivity contribution >= 4 is 0 Å². The molecule has 0 spiro atoms. The maximum atomic E-state index is 10.3. The molecule has 3 fully saturated rings. The minimum absolute atomic E-state index is 0.202. The quantitative estimate of drug-likeness (QED) is 0.801. The highest BCUT2D eigenvalue weighted by Gasteiger charge is 2.56. The molecule has 0 amide bonds. The topological polar surface area (TPSA) is 47.9 Å². The van der Waals surface area contributed by atoms with E-state index in [1.807, 2.05) is 6.07 Å². The van der Waals surface area contributed by atoms with Crippen LogP contribution in [-0.4, -0.2) is 24.9 Å². The van der Waals surface area contributed by atoms with Gasteiger partial charge < -0.3 is 19.3 Å². The van der Waals surface area contributed by atoms with Gasteiger partial charge in [0.1, 0.15) is 11.5 Å². The van der Waals surface area contributed by atoms with E-state index in [-0.39, 0.29) is 17.3 Å². The van der Waals surface area contributed by atoms with Crippen molar-refractivity contribution in [3.8, 4) is 11.5 Å². The maximum absolute atomic E-state index is 10.3. The van der Waals surface area contributed by atoms with Gasteiger partial charge in [-0.05, 0) is 60.6 Å². The highest BCUT2D eigenvalue weighted by Crippen LogP contribution is 2.61. The van der Waals surface area contributed by atoms with E-state index in [0.29, 0.717) is 29.3 Å². The minimum Gasteiger partial charge on any atom is -0.507 e. The van der Waals surface area contributed by atoms with Crippen molar-refractivity contribution < 1.29 is 19.3 Å². The van der Waals surface area contributed by atoms with Crippen molar-refractivity contribution in [3.05, 3.63) is 23.8 Å². The predicted octanol–water partition coefficient (Wildman–Crippen LogP) is 5.06. The van der Waals surface area contributed by atoms with Crippen LogP contribution in [0.4, 0.5) is 0 Å². The maximum Gasteiger partial charge on any atom is 0.187 e. The minimum atomic E-state index is -0.511. The first kappa shape index (κ1) is 18.1. The number of methoxy groups -OCH3 is 1. The van der Waals surface area contributed by atoms with Crippen LogP contribution in [0.1, 0.15) is 64.7 Å². The van der Waals surface area contributed by atoms with Crippen molar-refractivity contribution in [2.45, 2.75) is 65.3 Å². The highest BCUT2D eigenvalue weighted by atomic mass is 16.7. The van der Waals surface area contributed by atoms with Gasteiger partial charge in [0.2, 0.25) is 0 Å². The fourth-order valence-corrected chi connectivity index (χ4v) is 6.15. The van der Waals surface area contributed by atoms with Gasteiger partial charge in [0.05, 0.1) is 25.4 Å². The van der Waals surface area contributed by atoms with Gasteiger partial charge in [-0.2, -0.15) is 0 Å². The molecule has 1 heterocycles. The molecule has 2 saturated carbocycles. The molecule has 26 heavy (non-hydrogen) atoms. The van der Waals surface area contributed by atoms with Gasteiger partial charge in [0.15, 0.2) is 6.29 Å². The number of ether oxygens (including phenoxy) is 3. The van der Waals surface area contributed by atoms with Crippen LogP contribution in [0.5, 0.6) is 11.5 Å². The SMILES string of the molecule is COc1ccc(O)c([C@@H]2OC[C@@H]3[C@H](CCC4C(C)(C)CCC[C@]43C)O2)c1. The second-order valence-electron chi connectivity index (χ2n) is 9.35. The summed E-state index contributed by atoms with van der Waals surface area (Å²) >= 11 is 0. The van der Waals surface area contributed by atoms with Gasteiger partial charge in [-0.1, -0.05) is 27.2 Å². The molecule has 1 aliphatic heterocycles. The van der Waals surface area contributed by atoms with E-state index in [1.165, 1.54) is 25.7 Å². The molecule has 5 atom stereocenters. The third-order valence-corrected chi connectivity index (χ3v) is 7.53. The van der Waals surface area contributed by atoms with E-state index >= 15 is 0 Å². The van der Waals surface area contributed by atoms with Crippen LogP contribution in [0, 0.1) is 22.7 Å². The molecule has 144 valence electrons. The van der Waals surface area contributed by atoms with Gasteiger partial charge >= 0.3 is 0 Å². The normalized spacial score (nSPS) is 38.9. The lowest BCUT2D eigenvalue weighted by molar-refractivity contribution is -0.286. The molecule has 1 unspecified atom stereocenters. The average Bonchev–Trinajstić information content (AvgIpc) is 2.61. The van der Waals surface area contributed by atoms with Gasteiger partial charge in [-0.15, -0.1) is 0 Å². The molecule has 0 aromatic heterocycles. The van der Waals surface area contributed by atoms with Gasteiger partial charge in [-0.3, -0.25) is 0 Å². The molecule has 1 saturated heterocycles. The van der Waals surface area contributed by atoms with Crippen molar-refractivity contribution in [3.63, 3.8) is 0 Å². The first-order chi connectivity index (χ1) is 12.3. The van der Waals surface area contributed by atoms with Crippen molar-refractivity contribution in [1.29, 1.82) is 0 Å². The summed E-state index contributed by atoms with van der Waals surface area (Å²) in [5.41, 5.74) is 1.35. The number of fused-ring (bicyclic) bond motifs is 3. The first-order valence-electron chi connectivity index (χ1n) is 9.99. The summed E-state index contributed by atoms with van der Waals surface area (Å²) in [6.07, 6.45) is 5.89. The summed E-state index contributed by atoms with van der Waals surface area (Å²) in [5.74, 6) is 2.08. The number of hydrogen-bond donors (Lipinski definition) is 1. The Balaban J connectivity index is 1.57. The molecule has 3 aliphatic rings. The second kappa shape index (κ2) is 6.42. The highest BCUT2D eigenvalue weighted by molar-refractivity contribution is 5.40. The molecule has 0 radical (unpaired) electrons. The molecule has 0 bridgehead atoms. The third-order valence-electron chi connectivity index (χ3n) is 7.53. The number of aromatic hydroxyl groups is 1. The van der Waals surface area contributed by atoms with Crippen LogP contribution in [-0.2, 0) is 9.47 Å². The van der Waals surface area contributed by atoms with Crippen molar-refractivity contribution in [2.75, 3.05) is 13.7 Å². The Morgan fingerprint density at radius 1 is 1.15 bits per heavy atom. The third kappa shape index (κ3) is 2.82. The number of benzene rings is 1. The van der Waals surface area contributed by atoms with E-state index in [9.17, 15) is 5.11 Å². The van der Waals surface area contributed by atoms with E-state index in [2.05, 4.69) is 20.8 Å². The van der Waals surface area contributed by atoms with Crippen LogP contribution in [0.3, 0.4) is 0 Å². The Bertz CT molecular complexity index is 670. The smallest absolute Gasteiger partial charge is 0.187 e. The largest absolute Gasteiger partial charge is 0.507 e. The predicted molar refractivity (Wildman–Crippen MR) is 100 cm³/mol. The van der Waals surface area contributed by atoms with Gasteiger partial charge in [-0.25, -0.2) is 0 Å². The molecule has 4 heteroatoms. The van der Waals surface area contributed by atoms with Crippen molar-refractivity contribution in [1.82, 2.24) is 0 Å². The van der Waals surface area contributed by atoms with Crippen LogP contribution in [0.25, 0.3) is 0 Å². The molecular weight excluding hydrogens is 328 g/mol. The number of rotatable bonds is 2. The molecule has 1 aromatic carbocycles. The lowest BCUT2D eigenvalue weighted by atomic mass is 9.48. The fourth-order valence-electron chi connectivity index (χ4n) is 6.15. The zero-order valence-electron chi connectivity index (χ0n) is 16.5. The Morgan fingerprint density at radius 2 is 1.96 bits per heavy atom. The Morgan fingerprint density at radius 3 is 2.73 bits per heavy atom.